The van der Waals surface area contributed by atoms with Crippen LogP contribution in [0.15, 0.2) is 78.9 Å². The number of nitrogens with zero attached hydrogens (tertiary/aromatic N) is 3. The van der Waals surface area contributed by atoms with Gasteiger partial charge in [0.15, 0.2) is 5.82 Å². The SMILES string of the molecule is COc1ccc(-c2nc(C(=O)Nc3ccc(C)cc3)nn2-c2ccccc2)cc1. The lowest BCUT2D eigenvalue weighted by atomic mass is 10.2. The Balaban J connectivity index is 1.72. The normalized spacial score (nSPS) is 10.6. The summed E-state index contributed by atoms with van der Waals surface area (Å²) < 4.78 is 6.90. The number of aryl methyl sites for hydroxylation is 1. The smallest absolute Gasteiger partial charge is 0.295 e. The van der Waals surface area contributed by atoms with Gasteiger partial charge in [-0.15, -0.1) is 5.10 Å². The third-order valence-corrected chi connectivity index (χ3v) is 4.47. The van der Waals surface area contributed by atoms with Crippen LogP contribution < -0.4 is 10.1 Å². The molecule has 0 spiro atoms. The molecular formula is C23H20N4O2. The van der Waals surface area contributed by atoms with E-state index in [0.717, 1.165) is 22.6 Å². The van der Waals surface area contributed by atoms with Crippen molar-refractivity contribution in [2.75, 3.05) is 12.4 Å². The first-order valence-corrected chi connectivity index (χ1v) is 9.19. The van der Waals surface area contributed by atoms with Crippen LogP contribution in [-0.2, 0) is 0 Å². The molecule has 4 aromatic rings. The maximum atomic E-state index is 12.8. The average Bonchev–Trinajstić information content (AvgIpc) is 3.22. The highest BCUT2D eigenvalue weighted by Gasteiger charge is 2.19. The van der Waals surface area contributed by atoms with Crippen LogP contribution in [0.5, 0.6) is 5.75 Å². The summed E-state index contributed by atoms with van der Waals surface area (Å²) in [5.41, 5.74) is 3.47. The van der Waals surface area contributed by atoms with E-state index in [1.54, 1.807) is 11.8 Å². The fourth-order valence-corrected chi connectivity index (χ4v) is 2.91. The Labute approximate surface area is 168 Å². The molecule has 1 aromatic heterocycles. The average molecular weight is 384 g/mol. The minimum absolute atomic E-state index is 0.0975. The predicted octanol–water partition coefficient (Wildman–Crippen LogP) is 4.50. The highest BCUT2D eigenvalue weighted by molar-refractivity contribution is 6.01. The van der Waals surface area contributed by atoms with E-state index in [2.05, 4.69) is 15.4 Å². The van der Waals surface area contributed by atoms with Gasteiger partial charge in [-0.2, -0.15) is 0 Å². The van der Waals surface area contributed by atoms with Gasteiger partial charge in [-0.05, 0) is 55.5 Å². The second kappa shape index (κ2) is 7.98. The van der Waals surface area contributed by atoms with Crippen molar-refractivity contribution < 1.29 is 9.53 Å². The molecular weight excluding hydrogens is 364 g/mol. The molecule has 0 aliphatic carbocycles. The standard InChI is InChI=1S/C23H20N4O2/c1-16-8-12-18(13-9-16)24-23(28)21-25-22(17-10-14-20(29-2)15-11-17)27(26-21)19-6-4-3-5-7-19/h3-15H,1-2H3,(H,24,28). The summed E-state index contributed by atoms with van der Waals surface area (Å²) in [5.74, 6) is 1.06. The maximum absolute atomic E-state index is 12.8. The van der Waals surface area contributed by atoms with Crippen molar-refractivity contribution in [1.29, 1.82) is 0 Å². The minimum atomic E-state index is -0.363. The van der Waals surface area contributed by atoms with Gasteiger partial charge in [0.2, 0.25) is 5.82 Å². The summed E-state index contributed by atoms with van der Waals surface area (Å²) >= 11 is 0. The molecule has 29 heavy (non-hydrogen) atoms. The summed E-state index contributed by atoms with van der Waals surface area (Å²) in [5, 5.41) is 7.33. The van der Waals surface area contributed by atoms with E-state index in [1.165, 1.54) is 0 Å². The Hall–Kier alpha value is -3.93. The van der Waals surface area contributed by atoms with E-state index in [-0.39, 0.29) is 11.7 Å². The molecule has 0 atom stereocenters. The number of para-hydroxylation sites is 1. The number of benzene rings is 3. The van der Waals surface area contributed by atoms with E-state index < -0.39 is 0 Å². The molecule has 4 rings (SSSR count). The van der Waals surface area contributed by atoms with Crippen molar-refractivity contribution >= 4 is 11.6 Å². The van der Waals surface area contributed by atoms with Gasteiger partial charge in [-0.3, -0.25) is 4.79 Å². The van der Waals surface area contributed by atoms with Crippen LogP contribution in [0.25, 0.3) is 17.1 Å². The lowest BCUT2D eigenvalue weighted by Crippen LogP contribution is -2.14. The van der Waals surface area contributed by atoms with Crippen molar-refractivity contribution in [2.24, 2.45) is 0 Å². The molecule has 0 saturated carbocycles. The summed E-state index contributed by atoms with van der Waals surface area (Å²) in [7, 11) is 1.62. The zero-order valence-electron chi connectivity index (χ0n) is 16.2. The molecule has 0 bridgehead atoms. The van der Waals surface area contributed by atoms with E-state index in [4.69, 9.17) is 4.74 Å². The van der Waals surface area contributed by atoms with Gasteiger partial charge in [0, 0.05) is 11.3 Å². The molecule has 0 unspecified atom stereocenters. The molecule has 0 aliphatic rings. The van der Waals surface area contributed by atoms with Gasteiger partial charge < -0.3 is 10.1 Å². The third kappa shape index (κ3) is 4.01. The lowest BCUT2D eigenvalue weighted by molar-refractivity contribution is 0.101. The van der Waals surface area contributed by atoms with Gasteiger partial charge in [-0.1, -0.05) is 35.9 Å². The van der Waals surface area contributed by atoms with Crippen LogP contribution in [0.3, 0.4) is 0 Å². The Kier molecular flexibility index (Phi) is 5.07. The van der Waals surface area contributed by atoms with Crippen LogP contribution in [0.2, 0.25) is 0 Å². The number of hydrogen-bond donors (Lipinski definition) is 1. The number of rotatable bonds is 5. The minimum Gasteiger partial charge on any atom is -0.497 e. The maximum Gasteiger partial charge on any atom is 0.295 e. The quantitative estimate of drug-likeness (QED) is 0.550. The predicted molar refractivity (Wildman–Crippen MR) is 112 cm³/mol. The number of anilines is 1. The van der Waals surface area contributed by atoms with Crippen molar-refractivity contribution in [3.05, 3.63) is 90.3 Å². The molecule has 1 heterocycles. The first-order chi connectivity index (χ1) is 14.1. The van der Waals surface area contributed by atoms with Crippen molar-refractivity contribution in [3.63, 3.8) is 0 Å². The summed E-state index contributed by atoms with van der Waals surface area (Å²) in [6.07, 6.45) is 0. The van der Waals surface area contributed by atoms with E-state index in [0.29, 0.717) is 11.5 Å². The Morgan fingerprint density at radius 2 is 1.62 bits per heavy atom. The fourth-order valence-electron chi connectivity index (χ4n) is 2.91. The van der Waals surface area contributed by atoms with Crippen LogP contribution >= 0.6 is 0 Å². The molecule has 6 nitrogen and oxygen atoms in total. The van der Waals surface area contributed by atoms with E-state index in [9.17, 15) is 4.79 Å². The first-order valence-electron chi connectivity index (χ1n) is 9.19. The Morgan fingerprint density at radius 1 is 0.931 bits per heavy atom. The number of carbonyl (C=O) groups is 1. The lowest BCUT2D eigenvalue weighted by Gasteiger charge is -2.06. The van der Waals surface area contributed by atoms with Crippen LogP contribution in [-0.4, -0.2) is 27.8 Å². The summed E-state index contributed by atoms with van der Waals surface area (Å²) in [6.45, 7) is 2.00. The molecule has 0 radical (unpaired) electrons. The first kappa shape index (κ1) is 18.4. The number of nitrogens with one attached hydrogen (secondary N) is 1. The number of hydrogen-bond acceptors (Lipinski definition) is 4. The highest BCUT2D eigenvalue weighted by Crippen LogP contribution is 2.24. The molecule has 144 valence electrons. The second-order valence-electron chi connectivity index (χ2n) is 6.56. The van der Waals surface area contributed by atoms with Gasteiger partial charge in [0.1, 0.15) is 5.75 Å². The number of methoxy groups -OCH3 is 1. The largest absolute Gasteiger partial charge is 0.497 e. The fraction of sp³-hybridized carbons (Fsp3) is 0.0870. The molecule has 6 heteroatoms. The van der Waals surface area contributed by atoms with Gasteiger partial charge >= 0.3 is 0 Å². The van der Waals surface area contributed by atoms with Crippen LogP contribution in [0.4, 0.5) is 5.69 Å². The van der Waals surface area contributed by atoms with Crippen molar-refractivity contribution in [2.45, 2.75) is 6.92 Å². The van der Waals surface area contributed by atoms with Crippen molar-refractivity contribution in [1.82, 2.24) is 14.8 Å². The van der Waals surface area contributed by atoms with E-state index >= 15 is 0 Å². The zero-order valence-corrected chi connectivity index (χ0v) is 16.2. The van der Waals surface area contributed by atoms with Crippen LogP contribution in [0, 0.1) is 6.92 Å². The molecule has 3 aromatic carbocycles. The molecule has 1 N–H and O–H groups in total. The zero-order chi connectivity index (χ0) is 20.2. The molecule has 0 fully saturated rings. The van der Waals surface area contributed by atoms with E-state index in [1.807, 2.05) is 85.8 Å². The monoisotopic (exact) mass is 384 g/mol. The molecule has 0 aliphatic heterocycles. The summed E-state index contributed by atoms with van der Waals surface area (Å²) in [4.78, 5) is 17.3. The summed E-state index contributed by atoms with van der Waals surface area (Å²) in [6, 6.07) is 24.7. The molecule has 0 saturated heterocycles. The van der Waals surface area contributed by atoms with Gasteiger partial charge in [-0.25, -0.2) is 9.67 Å². The second-order valence-corrected chi connectivity index (χ2v) is 6.56. The van der Waals surface area contributed by atoms with Crippen LogP contribution in [0.1, 0.15) is 16.2 Å². The topological polar surface area (TPSA) is 69.0 Å². The number of amides is 1. The number of carbonyl (C=O) groups excluding carboxylic acids is 1. The number of aromatic nitrogens is 3. The van der Waals surface area contributed by atoms with Gasteiger partial charge in [0.25, 0.3) is 5.91 Å². The number of ether oxygens (including phenoxy) is 1. The highest BCUT2D eigenvalue weighted by atomic mass is 16.5. The Morgan fingerprint density at radius 3 is 2.28 bits per heavy atom. The molecule has 1 amide bonds. The Bertz CT molecular complexity index is 1120. The third-order valence-electron chi connectivity index (χ3n) is 4.47. The van der Waals surface area contributed by atoms with Crippen molar-refractivity contribution in [3.8, 4) is 22.8 Å². The van der Waals surface area contributed by atoms with Gasteiger partial charge in [0.05, 0.1) is 12.8 Å².